The molecule has 1 N–H and O–H groups in total. The number of halogens is 1. The van der Waals surface area contributed by atoms with Gasteiger partial charge in [0.05, 0.1) is 10.8 Å². The third-order valence-corrected chi connectivity index (χ3v) is 4.28. The summed E-state index contributed by atoms with van der Waals surface area (Å²) in [6.45, 7) is 8.00. The number of H-pyrrole nitrogens is 1. The fourth-order valence-corrected chi connectivity index (χ4v) is 2.74. The summed E-state index contributed by atoms with van der Waals surface area (Å²) in [5, 5.41) is 11.3. The molecule has 6 nitrogen and oxygen atoms in total. The summed E-state index contributed by atoms with van der Waals surface area (Å²) in [5.74, 6) is 1.22. The Morgan fingerprint density at radius 1 is 1.21 bits per heavy atom. The number of hydrogen-bond donors (Lipinski definition) is 1. The molecule has 0 aliphatic carbocycles. The van der Waals surface area contributed by atoms with Gasteiger partial charge in [0.15, 0.2) is 11.6 Å². The number of aromatic nitrogens is 5. The summed E-state index contributed by atoms with van der Waals surface area (Å²) >= 11 is 1.37. The second kappa shape index (κ2) is 6.35. The second-order valence-corrected chi connectivity index (χ2v) is 7.72. The quantitative estimate of drug-likeness (QED) is 0.714. The average Bonchev–Trinajstić information content (AvgIpc) is 3.16. The highest BCUT2D eigenvalue weighted by Gasteiger charge is 2.24. The van der Waals surface area contributed by atoms with Gasteiger partial charge in [0.1, 0.15) is 5.82 Å². The zero-order chi connectivity index (χ0) is 17.3. The van der Waals surface area contributed by atoms with E-state index in [0.717, 1.165) is 0 Å². The number of hydrogen-bond acceptors (Lipinski definition) is 6. The molecule has 8 heteroatoms. The summed E-state index contributed by atoms with van der Waals surface area (Å²) < 4.78 is 19.1. The lowest BCUT2D eigenvalue weighted by Crippen LogP contribution is -2.13. The van der Waals surface area contributed by atoms with Gasteiger partial charge in [-0.25, -0.2) is 9.37 Å². The zero-order valence-electron chi connectivity index (χ0n) is 13.9. The molecule has 3 rings (SSSR count). The van der Waals surface area contributed by atoms with Gasteiger partial charge in [-0.15, -0.1) is 5.10 Å². The normalized spacial score (nSPS) is 13.2. The molecule has 0 radical (unpaired) electrons. The third kappa shape index (κ3) is 3.48. The minimum atomic E-state index is -0.343. The van der Waals surface area contributed by atoms with Crippen molar-refractivity contribution in [2.24, 2.45) is 0 Å². The van der Waals surface area contributed by atoms with Crippen LogP contribution >= 0.6 is 11.8 Å². The Morgan fingerprint density at radius 3 is 2.62 bits per heavy atom. The Morgan fingerprint density at radius 2 is 1.96 bits per heavy atom. The van der Waals surface area contributed by atoms with Crippen LogP contribution in [-0.2, 0) is 5.41 Å². The van der Waals surface area contributed by atoms with Gasteiger partial charge in [-0.3, -0.25) is 5.10 Å². The predicted molar refractivity (Wildman–Crippen MR) is 89.0 cm³/mol. The molecule has 3 aromatic rings. The van der Waals surface area contributed by atoms with Gasteiger partial charge in [0, 0.05) is 5.41 Å². The zero-order valence-corrected chi connectivity index (χ0v) is 14.7. The Bertz CT molecular complexity index is 839. The molecule has 1 atom stereocenters. The maximum absolute atomic E-state index is 13.8. The molecule has 0 saturated heterocycles. The van der Waals surface area contributed by atoms with Crippen molar-refractivity contribution in [3.05, 3.63) is 41.8 Å². The standard InChI is InChI=1S/C16H18FN5OS/c1-9(13-19-14(22-23-13)16(2,3)4)24-15-18-12(20-21-15)10-7-5-6-8-11(10)17/h5-9H,1-4H3,(H,18,20,21). The van der Waals surface area contributed by atoms with Crippen molar-refractivity contribution in [3.8, 4) is 11.4 Å². The summed E-state index contributed by atoms with van der Waals surface area (Å²) in [6.07, 6.45) is 0. The lowest BCUT2D eigenvalue weighted by Gasteiger charge is -2.11. The van der Waals surface area contributed by atoms with Gasteiger partial charge in [0.25, 0.3) is 0 Å². The molecule has 126 valence electrons. The van der Waals surface area contributed by atoms with Crippen LogP contribution in [-0.4, -0.2) is 25.3 Å². The third-order valence-electron chi connectivity index (χ3n) is 3.34. The van der Waals surface area contributed by atoms with Crippen LogP contribution in [0.5, 0.6) is 0 Å². The van der Waals surface area contributed by atoms with Gasteiger partial charge in [-0.1, -0.05) is 49.8 Å². The first-order valence-corrected chi connectivity index (χ1v) is 8.40. The van der Waals surface area contributed by atoms with Crippen LogP contribution in [0.25, 0.3) is 11.4 Å². The van der Waals surface area contributed by atoms with Crippen LogP contribution in [0.2, 0.25) is 0 Å². The molecule has 1 aromatic carbocycles. The van der Waals surface area contributed by atoms with E-state index in [-0.39, 0.29) is 16.5 Å². The average molecular weight is 347 g/mol. The fraction of sp³-hybridized carbons (Fsp3) is 0.375. The van der Waals surface area contributed by atoms with Crippen molar-refractivity contribution >= 4 is 11.8 Å². The minimum absolute atomic E-state index is 0.113. The molecule has 2 aromatic heterocycles. The van der Waals surface area contributed by atoms with E-state index in [9.17, 15) is 4.39 Å². The van der Waals surface area contributed by atoms with Gasteiger partial charge in [-0.05, 0) is 19.1 Å². The maximum Gasteiger partial charge on any atom is 0.239 e. The summed E-state index contributed by atoms with van der Waals surface area (Å²) in [6, 6.07) is 6.43. The first kappa shape index (κ1) is 16.6. The molecule has 0 spiro atoms. The highest BCUT2D eigenvalue weighted by atomic mass is 32.2. The second-order valence-electron chi connectivity index (χ2n) is 6.41. The number of benzene rings is 1. The molecular weight excluding hydrogens is 329 g/mol. The van der Waals surface area contributed by atoms with E-state index < -0.39 is 0 Å². The van der Waals surface area contributed by atoms with Gasteiger partial charge in [0.2, 0.25) is 11.0 Å². The maximum atomic E-state index is 13.8. The molecule has 0 aliphatic heterocycles. The van der Waals surface area contributed by atoms with Crippen molar-refractivity contribution in [2.45, 2.75) is 43.5 Å². The van der Waals surface area contributed by atoms with Crippen molar-refractivity contribution in [3.63, 3.8) is 0 Å². The summed E-state index contributed by atoms with van der Waals surface area (Å²) in [4.78, 5) is 8.76. The topological polar surface area (TPSA) is 80.5 Å². The molecule has 0 aliphatic rings. The van der Waals surface area contributed by atoms with Crippen LogP contribution in [0.4, 0.5) is 4.39 Å². The number of thioether (sulfide) groups is 1. The Hall–Kier alpha value is -2.22. The van der Waals surface area contributed by atoms with E-state index >= 15 is 0 Å². The van der Waals surface area contributed by atoms with E-state index in [4.69, 9.17) is 4.52 Å². The highest BCUT2D eigenvalue weighted by Crippen LogP contribution is 2.33. The molecule has 0 amide bonds. The smallest absolute Gasteiger partial charge is 0.239 e. The highest BCUT2D eigenvalue weighted by molar-refractivity contribution is 7.99. The Labute approximate surface area is 143 Å². The van der Waals surface area contributed by atoms with E-state index in [1.807, 2.05) is 27.7 Å². The molecule has 2 heterocycles. The number of nitrogens with zero attached hydrogens (tertiary/aromatic N) is 4. The molecule has 24 heavy (non-hydrogen) atoms. The van der Waals surface area contributed by atoms with Gasteiger partial charge >= 0.3 is 0 Å². The summed E-state index contributed by atoms with van der Waals surface area (Å²) in [5.41, 5.74) is 0.215. The van der Waals surface area contributed by atoms with Crippen molar-refractivity contribution in [1.29, 1.82) is 0 Å². The largest absolute Gasteiger partial charge is 0.338 e. The van der Waals surface area contributed by atoms with Gasteiger partial charge in [-0.2, -0.15) is 4.98 Å². The fourth-order valence-electron chi connectivity index (χ4n) is 1.99. The summed E-state index contributed by atoms with van der Waals surface area (Å²) in [7, 11) is 0. The predicted octanol–water partition coefficient (Wildman–Crippen LogP) is 4.14. The van der Waals surface area contributed by atoms with E-state index in [1.165, 1.54) is 17.8 Å². The van der Waals surface area contributed by atoms with Crippen molar-refractivity contribution in [1.82, 2.24) is 25.3 Å². The number of nitrogens with one attached hydrogen (secondary N) is 1. The van der Waals surface area contributed by atoms with E-state index in [1.54, 1.807) is 18.2 Å². The number of aromatic amines is 1. The van der Waals surface area contributed by atoms with Gasteiger partial charge < -0.3 is 4.52 Å². The van der Waals surface area contributed by atoms with E-state index in [2.05, 4.69) is 25.3 Å². The Balaban J connectivity index is 1.75. The lowest BCUT2D eigenvalue weighted by atomic mass is 9.96. The number of rotatable bonds is 4. The first-order valence-electron chi connectivity index (χ1n) is 7.52. The van der Waals surface area contributed by atoms with Crippen LogP contribution in [0.15, 0.2) is 33.9 Å². The molecule has 0 fully saturated rings. The molecular formula is C16H18FN5OS. The van der Waals surface area contributed by atoms with Crippen LogP contribution in [0, 0.1) is 5.82 Å². The molecule has 0 bridgehead atoms. The Kier molecular flexibility index (Phi) is 4.40. The molecule has 0 saturated carbocycles. The molecule has 1 unspecified atom stereocenters. The van der Waals surface area contributed by atoms with Crippen LogP contribution < -0.4 is 0 Å². The minimum Gasteiger partial charge on any atom is -0.338 e. The van der Waals surface area contributed by atoms with Crippen molar-refractivity contribution in [2.75, 3.05) is 0 Å². The van der Waals surface area contributed by atoms with Crippen molar-refractivity contribution < 1.29 is 8.91 Å². The van der Waals surface area contributed by atoms with E-state index in [0.29, 0.717) is 28.3 Å². The van der Waals surface area contributed by atoms with Crippen LogP contribution in [0.1, 0.15) is 44.7 Å². The first-order chi connectivity index (χ1) is 11.3. The lowest BCUT2D eigenvalue weighted by molar-refractivity contribution is 0.364. The SMILES string of the molecule is CC(Sc1n[nH]c(-c2ccccc2F)n1)c1nc(C(C)(C)C)no1. The monoisotopic (exact) mass is 347 g/mol. The van der Waals surface area contributed by atoms with Crippen LogP contribution in [0.3, 0.4) is 0 Å².